The maximum Gasteiger partial charge on any atom is 0.149 e. The third-order valence-corrected chi connectivity index (χ3v) is 3.66. The van der Waals surface area contributed by atoms with Crippen LogP contribution >= 0.6 is 0 Å². The third kappa shape index (κ3) is 3.46. The molecular weight excluding hydrogens is 262 g/mol. The van der Waals surface area contributed by atoms with Crippen LogP contribution in [0.3, 0.4) is 0 Å². The molecular formula is C15H22F2N2O. The molecule has 3 nitrogen and oxygen atoms in total. The van der Waals surface area contributed by atoms with Gasteiger partial charge in [-0.3, -0.25) is 0 Å². The number of nitrogens with two attached hydrogens (primary N) is 1. The summed E-state index contributed by atoms with van der Waals surface area (Å²) in [4.78, 5) is 1.73. The van der Waals surface area contributed by atoms with Crippen molar-refractivity contribution >= 4 is 5.69 Å². The van der Waals surface area contributed by atoms with Crippen LogP contribution in [0.25, 0.3) is 0 Å². The van der Waals surface area contributed by atoms with Crippen molar-refractivity contribution in [2.45, 2.75) is 38.3 Å². The van der Waals surface area contributed by atoms with Crippen LogP contribution in [-0.2, 0) is 11.2 Å². The van der Waals surface area contributed by atoms with Crippen molar-refractivity contribution in [3.05, 3.63) is 29.3 Å². The van der Waals surface area contributed by atoms with Crippen molar-refractivity contribution in [3.8, 4) is 0 Å². The molecule has 2 atom stereocenters. The average molecular weight is 284 g/mol. The van der Waals surface area contributed by atoms with E-state index >= 15 is 0 Å². The second kappa shape index (κ2) is 6.50. The fourth-order valence-electron chi connectivity index (χ4n) is 2.74. The normalized spacial score (nSPS) is 21.1. The van der Waals surface area contributed by atoms with Crippen LogP contribution < -0.4 is 10.6 Å². The van der Waals surface area contributed by atoms with Gasteiger partial charge in [-0.15, -0.1) is 0 Å². The number of anilines is 1. The van der Waals surface area contributed by atoms with Gasteiger partial charge in [-0.25, -0.2) is 8.78 Å². The van der Waals surface area contributed by atoms with E-state index in [9.17, 15) is 8.78 Å². The quantitative estimate of drug-likeness (QED) is 0.923. The number of piperidine rings is 1. The number of halogens is 2. The topological polar surface area (TPSA) is 38.5 Å². The van der Waals surface area contributed by atoms with Gasteiger partial charge < -0.3 is 15.4 Å². The SMILES string of the molecule is COC1CCCN(c2c(F)cc(CC(C)N)cc2F)C1. The van der Waals surface area contributed by atoms with E-state index in [1.165, 1.54) is 12.1 Å². The summed E-state index contributed by atoms with van der Waals surface area (Å²) in [5, 5.41) is 0. The molecule has 1 aromatic carbocycles. The summed E-state index contributed by atoms with van der Waals surface area (Å²) < 4.78 is 33.7. The van der Waals surface area contributed by atoms with Gasteiger partial charge in [0.15, 0.2) is 0 Å². The second-order valence-electron chi connectivity index (χ2n) is 5.54. The Bertz CT molecular complexity index is 442. The lowest BCUT2D eigenvalue weighted by Gasteiger charge is -2.34. The molecule has 20 heavy (non-hydrogen) atoms. The molecule has 0 spiro atoms. The van der Waals surface area contributed by atoms with Gasteiger partial charge in [-0.05, 0) is 43.9 Å². The maximum absolute atomic E-state index is 14.2. The van der Waals surface area contributed by atoms with Crippen LogP contribution in [0.2, 0.25) is 0 Å². The molecule has 1 saturated heterocycles. The predicted octanol–water partition coefficient (Wildman–Crippen LogP) is 2.47. The highest BCUT2D eigenvalue weighted by atomic mass is 19.1. The number of nitrogens with zero attached hydrogens (tertiary/aromatic N) is 1. The zero-order valence-electron chi connectivity index (χ0n) is 12.0. The summed E-state index contributed by atoms with van der Waals surface area (Å²) in [5.41, 5.74) is 6.32. The summed E-state index contributed by atoms with van der Waals surface area (Å²) >= 11 is 0. The Kier molecular flexibility index (Phi) is 4.94. The Labute approximate surface area is 118 Å². The molecule has 0 bridgehead atoms. The van der Waals surface area contributed by atoms with Crippen LogP contribution in [0.15, 0.2) is 12.1 Å². The van der Waals surface area contributed by atoms with E-state index in [0.29, 0.717) is 25.1 Å². The van der Waals surface area contributed by atoms with E-state index in [0.717, 1.165) is 12.8 Å². The van der Waals surface area contributed by atoms with Crippen molar-refractivity contribution in [2.24, 2.45) is 5.73 Å². The smallest absolute Gasteiger partial charge is 0.149 e. The highest BCUT2D eigenvalue weighted by molar-refractivity contribution is 5.51. The van der Waals surface area contributed by atoms with E-state index in [4.69, 9.17) is 10.5 Å². The first kappa shape index (κ1) is 15.2. The third-order valence-electron chi connectivity index (χ3n) is 3.66. The zero-order chi connectivity index (χ0) is 14.7. The fourth-order valence-corrected chi connectivity index (χ4v) is 2.74. The molecule has 1 aliphatic rings. The van der Waals surface area contributed by atoms with Crippen molar-refractivity contribution in [2.75, 3.05) is 25.1 Å². The van der Waals surface area contributed by atoms with Crippen LogP contribution in [0.4, 0.5) is 14.5 Å². The molecule has 0 radical (unpaired) electrons. The Hall–Kier alpha value is -1.20. The highest BCUT2D eigenvalue weighted by Gasteiger charge is 2.24. The number of methoxy groups -OCH3 is 1. The molecule has 0 aliphatic carbocycles. The maximum atomic E-state index is 14.2. The first-order valence-electron chi connectivity index (χ1n) is 7.02. The molecule has 1 fully saturated rings. The van der Waals surface area contributed by atoms with Gasteiger partial charge in [0.25, 0.3) is 0 Å². The Balaban J connectivity index is 2.23. The molecule has 0 saturated carbocycles. The predicted molar refractivity (Wildman–Crippen MR) is 76.0 cm³/mol. The summed E-state index contributed by atoms with van der Waals surface area (Å²) in [6.07, 6.45) is 2.30. The number of hydrogen-bond acceptors (Lipinski definition) is 3. The molecule has 1 heterocycles. The summed E-state index contributed by atoms with van der Waals surface area (Å²) in [5.74, 6) is -1.03. The minimum absolute atomic E-state index is 0.0336. The molecule has 0 amide bonds. The molecule has 2 rings (SSSR count). The van der Waals surface area contributed by atoms with Crippen LogP contribution in [0.5, 0.6) is 0 Å². The lowest BCUT2D eigenvalue weighted by Crippen LogP contribution is -2.40. The zero-order valence-corrected chi connectivity index (χ0v) is 12.0. The standard InChI is InChI=1S/C15H22F2N2O/c1-10(18)6-11-7-13(16)15(14(17)8-11)19-5-3-4-12(9-19)20-2/h7-8,10,12H,3-6,9,18H2,1-2H3. The summed E-state index contributed by atoms with van der Waals surface area (Å²) in [7, 11) is 1.63. The van der Waals surface area contributed by atoms with E-state index in [1.807, 2.05) is 6.92 Å². The van der Waals surface area contributed by atoms with Gasteiger partial charge in [0.05, 0.1) is 6.10 Å². The number of benzene rings is 1. The van der Waals surface area contributed by atoms with E-state index < -0.39 is 11.6 Å². The van der Waals surface area contributed by atoms with Gasteiger partial charge in [0.2, 0.25) is 0 Å². The highest BCUT2D eigenvalue weighted by Crippen LogP contribution is 2.28. The largest absolute Gasteiger partial charge is 0.380 e. The summed E-state index contributed by atoms with van der Waals surface area (Å²) in [6.45, 7) is 2.99. The number of hydrogen-bond donors (Lipinski definition) is 1. The molecule has 2 unspecified atom stereocenters. The monoisotopic (exact) mass is 284 g/mol. The van der Waals surface area contributed by atoms with E-state index in [1.54, 1.807) is 12.0 Å². The molecule has 0 aromatic heterocycles. The number of rotatable bonds is 4. The first-order chi connectivity index (χ1) is 9.51. The van der Waals surface area contributed by atoms with Crippen molar-refractivity contribution in [1.82, 2.24) is 0 Å². The molecule has 5 heteroatoms. The van der Waals surface area contributed by atoms with Crippen molar-refractivity contribution in [3.63, 3.8) is 0 Å². The fraction of sp³-hybridized carbons (Fsp3) is 0.600. The Morgan fingerprint density at radius 2 is 2.05 bits per heavy atom. The van der Waals surface area contributed by atoms with Gasteiger partial charge >= 0.3 is 0 Å². The van der Waals surface area contributed by atoms with E-state index in [2.05, 4.69) is 0 Å². The van der Waals surface area contributed by atoms with E-state index in [-0.39, 0.29) is 17.8 Å². The average Bonchev–Trinajstić information content (AvgIpc) is 2.37. The molecule has 1 aliphatic heterocycles. The minimum atomic E-state index is -0.516. The molecule has 2 N–H and O–H groups in total. The van der Waals surface area contributed by atoms with Crippen LogP contribution in [-0.4, -0.2) is 32.3 Å². The van der Waals surface area contributed by atoms with Crippen LogP contribution in [0, 0.1) is 11.6 Å². The van der Waals surface area contributed by atoms with Crippen molar-refractivity contribution < 1.29 is 13.5 Å². The van der Waals surface area contributed by atoms with Gasteiger partial charge in [-0.2, -0.15) is 0 Å². The van der Waals surface area contributed by atoms with Gasteiger partial charge in [0, 0.05) is 26.2 Å². The van der Waals surface area contributed by atoms with Gasteiger partial charge in [-0.1, -0.05) is 0 Å². The molecule has 1 aromatic rings. The molecule has 112 valence electrons. The Morgan fingerprint density at radius 1 is 1.40 bits per heavy atom. The van der Waals surface area contributed by atoms with Crippen LogP contribution in [0.1, 0.15) is 25.3 Å². The summed E-state index contributed by atoms with van der Waals surface area (Å²) in [6, 6.07) is 2.66. The lowest BCUT2D eigenvalue weighted by atomic mass is 10.0. The first-order valence-corrected chi connectivity index (χ1v) is 7.02. The van der Waals surface area contributed by atoms with Gasteiger partial charge in [0.1, 0.15) is 17.3 Å². The Morgan fingerprint density at radius 3 is 2.60 bits per heavy atom. The van der Waals surface area contributed by atoms with Crippen molar-refractivity contribution in [1.29, 1.82) is 0 Å². The second-order valence-corrected chi connectivity index (χ2v) is 5.54. The number of ether oxygens (including phenoxy) is 1. The minimum Gasteiger partial charge on any atom is -0.380 e. The lowest BCUT2D eigenvalue weighted by molar-refractivity contribution is 0.0890.